The first-order valence-corrected chi connectivity index (χ1v) is 7.60. The molecule has 0 radical (unpaired) electrons. The van der Waals surface area contributed by atoms with Crippen LogP contribution in [0.25, 0.3) is 0 Å². The first-order chi connectivity index (χ1) is 11.7. The van der Waals surface area contributed by atoms with E-state index in [9.17, 15) is 14.3 Å². The second-order valence-electron chi connectivity index (χ2n) is 5.41. The Kier molecular flexibility index (Phi) is 4.78. The topological polar surface area (TPSA) is 49.8 Å². The highest BCUT2D eigenvalue weighted by atomic mass is 19.1. The molecule has 0 saturated carbocycles. The lowest BCUT2D eigenvalue weighted by Gasteiger charge is -2.28. The molecule has 0 bridgehead atoms. The molecule has 1 heterocycles. The summed E-state index contributed by atoms with van der Waals surface area (Å²) in [4.78, 5) is 13.0. The highest BCUT2D eigenvalue weighted by Gasteiger charge is 2.10. The highest BCUT2D eigenvalue weighted by Crippen LogP contribution is 2.21. The van der Waals surface area contributed by atoms with Gasteiger partial charge in [0.1, 0.15) is 0 Å². The summed E-state index contributed by atoms with van der Waals surface area (Å²) in [7, 11) is 0. The van der Waals surface area contributed by atoms with E-state index in [0.29, 0.717) is 11.8 Å². The zero-order chi connectivity index (χ0) is 16.9. The van der Waals surface area contributed by atoms with Crippen LogP contribution in [0, 0.1) is 17.7 Å². The number of aldehydes is 1. The lowest BCUT2D eigenvalue weighted by molar-refractivity contribution is 0.112. The number of nitrogens with zero attached hydrogens (tertiary/aromatic N) is 1. The Hall–Kier alpha value is -2.84. The Morgan fingerprint density at radius 1 is 1.08 bits per heavy atom. The maximum Gasteiger partial charge on any atom is 0.166 e. The molecular formula is C19H16FNO3. The first-order valence-electron chi connectivity index (χ1n) is 7.60. The number of ether oxygens (including phenoxy) is 1. The summed E-state index contributed by atoms with van der Waals surface area (Å²) in [5.41, 5.74) is 2.13. The lowest BCUT2D eigenvalue weighted by atomic mass is 10.1. The van der Waals surface area contributed by atoms with Crippen LogP contribution < -0.4 is 4.90 Å². The standard InChI is InChI=1S/C19H16FNO3/c20-18-12-15(11-16(13-22)19(18)23)2-1-14-3-5-17(6-4-14)21-7-9-24-10-8-21/h3-6,11-13,23H,7-10H2. The quantitative estimate of drug-likeness (QED) is 0.681. The zero-order valence-corrected chi connectivity index (χ0v) is 13.0. The molecule has 4 nitrogen and oxygen atoms in total. The van der Waals surface area contributed by atoms with Gasteiger partial charge in [0, 0.05) is 29.9 Å². The second-order valence-corrected chi connectivity index (χ2v) is 5.41. The smallest absolute Gasteiger partial charge is 0.166 e. The summed E-state index contributed by atoms with van der Waals surface area (Å²) in [6.07, 6.45) is 0.403. The van der Waals surface area contributed by atoms with E-state index in [0.717, 1.165) is 43.6 Å². The maximum absolute atomic E-state index is 13.5. The van der Waals surface area contributed by atoms with Gasteiger partial charge in [0.15, 0.2) is 17.9 Å². The third-order valence-electron chi connectivity index (χ3n) is 3.81. The van der Waals surface area contributed by atoms with Crippen LogP contribution in [0.1, 0.15) is 21.5 Å². The average Bonchev–Trinajstić information content (AvgIpc) is 2.63. The Bertz CT molecular complexity index is 800. The summed E-state index contributed by atoms with van der Waals surface area (Å²) in [6, 6.07) is 10.2. The van der Waals surface area contributed by atoms with E-state index in [1.807, 2.05) is 24.3 Å². The summed E-state index contributed by atoms with van der Waals surface area (Å²) < 4.78 is 18.9. The van der Waals surface area contributed by atoms with Crippen molar-refractivity contribution < 1.29 is 19.0 Å². The van der Waals surface area contributed by atoms with Gasteiger partial charge in [-0.1, -0.05) is 11.8 Å². The number of morpholine rings is 1. The summed E-state index contributed by atoms with van der Waals surface area (Å²) >= 11 is 0. The molecule has 1 N–H and O–H groups in total. The Morgan fingerprint density at radius 3 is 2.42 bits per heavy atom. The van der Waals surface area contributed by atoms with E-state index in [-0.39, 0.29) is 5.56 Å². The molecule has 1 fully saturated rings. The van der Waals surface area contributed by atoms with Gasteiger partial charge >= 0.3 is 0 Å². The summed E-state index contributed by atoms with van der Waals surface area (Å²) in [6.45, 7) is 3.19. The first kappa shape index (κ1) is 16.0. The van der Waals surface area contributed by atoms with Crippen LogP contribution in [0.2, 0.25) is 0 Å². The number of halogens is 1. The van der Waals surface area contributed by atoms with Crippen molar-refractivity contribution in [1.82, 2.24) is 0 Å². The number of phenolic OH excluding ortho intramolecular Hbond substituents is 1. The lowest BCUT2D eigenvalue weighted by Crippen LogP contribution is -2.36. The molecule has 0 aromatic heterocycles. The predicted octanol–water partition coefficient (Wildman–Crippen LogP) is 2.58. The molecule has 1 aliphatic rings. The van der Waals surface area contributed by atoms with Gasteiger partial charge in [0.2, 0.25) is 0 Å². The van der Waals surface area contributed by atoms with Gasteiger partial charge in [-0.15, -0.1) is 0 Å². The molecule has 24 heavy (non-hydrogen) atoms. The van der Waals surface area contributed by atoms with Gasteiger partial charge < -0.3 is 14.7 Å². The van der Waals surface area contributed by atoms with Crippen molar-refractivity contribution in [2.24, 2.45) is 0 Å². The van der Waals surface area contributed by atoms with Crippen molar-refractivity contribution in [3.63, 3.8) is 0 Å². The number of hydrogen-bond acceptors (Lipinski definition) is 4. The van der Waals surface area contributed by atoms with Crippen molar-refractivity contribution in [1.29, 1.82) is 0 Å². The fourth-order valence-corrected chi connectivity index (χ4v) is 2.50. The van der Waals surface area contributed by atoms with E-state index >= 15 is 0 Å². The minimum atomic E-state index is -0.855. The van der Waals surface area contributed by atoms with E-state index in [2.05, 4.69) is 16.7 Å². The van der Waals surface area contributed by atoms with Crippen LogP contribution in [-0.4, -0.2) is 37.7 Å². The van der Waals surface area contributed by atoms with Gasteiger partial charge in [0.25, 0.3) is 0 Å². The fourth-order valence-electron chi connectivity index (χ4n) is 2.50. The predicted molar refractivity (Wildman–Crippen MR) is 88.9 cm³/mol. The monoisotopic (exact) mass is 325 g/mol. The largest absolute Gasteiger partial charge is 0.504 e. The Labute approximate surface area is 139 Å². The maximum atomic E-state index is 13.5. The normalized spacial score (nSPS) is 14.0. The summed E-state index contributed by atoms with van der Waals surface area (Å²) in [5.74, 6) is 4.24. The number of carbonyl (C=O) groups excluding carboxylic acids is 1. The molecule has 122 valence electrons. The summed E-state index contributed by atoms with van der Waals surface area (Å²) in [5, 5.41) is 9.39. The van der Waals surface area contributed by atoms with E-state index in [4.69, 9.17) is 4.74 Å². The van der Waals surface area contributed by atoms with E-state index < -0.39 is 11.6 Å². The van der Waals surface area contributed by atoms with Crippen molar-refractivity contribution >= 4 is 12.0 Å². The number of rotatable bonds is 2. The van der Waals surface area contributed by atoms with Crippen molar-refractivity contribution in [3.05, 3.63) is 58.9 Å². The SMILES string of the molecule is O=Cc1cc(C#Cc2ccc(N3CCOCC3)cc2)cc(F)c1O. The Balaban J connectivity index is 1.78. The number of carbonyl (C=O) groups is 1. The third-order valence-corrected chi connectivity index (χ3v) is 3.81. The molecule has 5 heteroatoms. The Morgan fingerprint density at radius 2 is 1.75 bits per heavy atom. The molecule has 0 aliphatic carbocycles. The van der Waals surface area contributed by atoms with Gasteiger partial charge in [0.05, 0.1) is 18.8 Å². The second kappa shape index (κ2) is 7.16. The molecule has 2 aromatic rings. The van der Waals surface area contributed by atoms with Crippen LogP contribution in [0.3, 0.4) is 0 Å². The van der Waals surface area contributed by atoms with E-state index in [1.54, 1.807) is 0 Å². The number of hydrogen-bond donors (Lipinski definition) is 1. The van der Waals surface area contributed by atoms with Gasteiger partial charge in [-0.05, 0) is 36.4 Å². The highest BCUT2D eigenvalue weighted by molar-refractivity contribution is 5.80. The molecular weight excluding hydrogens is 309 g/mol. The van der Waals surface area contributed by atoms with Crippen molar-refractivity contribution in [2.75, 3.05) is 31.2 Å². The van der Waals surface area contributed by atoms with Gasteiger partial charge in [-0.3, -0.25) is 4.79 Å². The average molecular weight is 325 g/mol. The van der Waals surface area contributed by atoms with Crippen molar-refractivity contribution in [2.45, 2.75) is 0 Å². The van der Waals surface area contributed by atoms with Crippen molar-refractivity contribution in [3.8, 4) is 17.6 Å². The molecule has 3 rings (SSSR count). The molecule has 1 aliphatic heterocycles. The van der Waals surface area contributed by atoms with Crippen LogP contribution in [0.5, 0.6) is 5.75 Å². The molecule has 1 saturated heterocycles. The van der Waals surface area contributed by atoms with Crippen LogP contribution in [0.4, 0.5) is 10.1 Å². The minimum Gasteiger partial charge on any atom is -0.504 e. The molecule has 0 atom stereocenters. The van der Waals surface area contributed by atoms with Crippen LogP contribution in [0.15, 0.2) is 36.4 Å². The molecule has 0 amide bonds. The molecule has 0 unspecified atom stereocenters. The fraction of sp³-hybridized carbons (Fsp3) is 0.211. The molecule has 0 spiro atoms. The van der Waals surface area contributed by atoms with Crippen LogP contribution in [-0.2, 0) is 4.74 Å². The van der Waals surface area contributed by atoms with Crippen LogP contribution >= 0.6 is 0 Å². The zero-order valence-electron chi connectivity index (χ0n) is 13.0. The number of phenols is 1. The van der Waals surface area contributed by atoms with E-state index in [1.165, 1.54) is 6.07 Å². The van der Waals surface area contributed by atoms with Gasteiger partial charge in [-0.25, -0.2) is 4.39 Å². The molecule has 2 aromatic carbocycles. The minimum absolute atomic E-state index is 0.109. The van der Waals surface area contributed by atoms with Gasteiger partial charge in [-0.2, -0.15) is 0 Å². The number of benzene rings is 2. The third kappa shape index (κ3) is 3.55. The number of anilines is 1. The number of aromatic hydroxyl groups is 1.